The van der Waals surface area contributed by atoms with Crippen molar-refractivity contribution in [2.75, 3.05) is 37.8 Å². The number of esters is 1. The SMILES string of the molecule is C=CCOc1cc(CNC(=O)c2cc3nc(C)c(C(OC(C)(C)C)C(=O)OCC)c(N4CCC(C)(OCC=C)CC4)n3n2)ccc1F. The quantitative estimate of drug-likeness (QED) is 0.174. The van der Waals surface area contributed by atoms with Gasteiger partial charge in [0, 0.05) is 31.4 Å². The van der Waals surface area contributed by atoms with E-state index in [0.29, 0.717) is 60.8 Å². The molecule has 1 amide bonds. The van der Waals surface area contributed by atoms with Crippen LogP contribution in [0.25, 0.3) is 5.65 Å². The van der Waals surface area contributed by atoms with Crippen molar-refractivity contribution in [3.05, 3.63) is 77.9 Å². The van der Waals surface area contributed by atoms with Crippen LogP contribution in [0.4, 0.5) is 10.2 Å². The largest absolute Gasteiger partial charge is 0.486 e. The number of aryl methyl sites for hydroxylation is 1. The number of hydrogen-bond acceptors (Lipinski definition) is 9. The molecule has 1 fully saturated rings. The number of piperidine rings is 1. The molecule has 4 rings (SSSR count). The van der Waals surface area contributed by atoms with E-state index in [1.807, 2.05) is 27.7 Å². The summed E-state index contributed by atoms with van der Waals surface area (Å²) in [5.41, 5.74) is 1.24. The summed E-state index contributed by atoms with van der Waals surface area (Å²) in [5.74, 6) is -0.820. The number of ether oxygens (including phenoxy) is 4. The second-order valence-corrected chi connectivity index (χ2v) is 12.7. The van der Waals surface area contributed by atoms with Crippen molar-refractivity contribution in [3.8, 4) is 5.75 Å². The molecule has 1 atom stereocenters. The third-order valence-electron chi connectivity index (χ3n) is 7.75. The zero-order chi connectivity index (χ0) is 34.4. The van der Waals surface area contributed by atoms with Crippen LogP contribution < -0.4 is 15.0 Å². The van der Waals surface area contributed by atoms with Crippen LogP contribution >= 0.6 is 0 Å². The molecule has 0 radical (unpaired) electrons. The Bertz CT molecular complexity index is 1610. The maximum absolute atomic E-state index is 14.2. The molecule has 0 spiro atoms. The van der Waals surface area contributed by atoms with Gasteiger partial charge in [0.1, 0.15) is 12.4 Å². The minimum Gasteiger partial charge on any atom is -0.486 e. The molecular formula is C35H46FN5O6. The Balaban J connectivity index is 1.74. The first kappa shape index (κ1) is 35.6. The van der Waals surface area contributed by atoms with Crippen LogP contribution in [-0.4, -0.2) is 70.6 Å². The van der Waals surface area contributed by atoms with Gasteiger partial charge in [0.25, 0.3) is 5.91 Å². The van der Waals surface area contributed by atoms with E-state index < -0.39 is 29.4 Å². The van der Waals surface area contributed by atoms with Gasteiger partial charge in [-0.05, 0) is 72.1 Å². The summed E-state index contributed by atoms with van der Waals surface area (Å²) >= 11 is 0. The minimum absolute atomic E-state index is 0.0716. The maximum Gasteiger partial charge on any atom is 0.340 e. The standard InChI is InChI=1S/C35H46FN5O6/c1-9-18-45-27-20-24(12-13-25(27)36)22-37-31(42)26-21-28-38-23(4)29(30(33(43)44-11-3)47-34(5,6)7)32(41(28)39-26)40-16-14-35(8,15-17-40)46-19-10-2/h9-10,12-13,20-21,30H,1-2,11,14-19,22H2,3-8H3,(H,37,42). The zero-order valence-corrected chi connectivity index (χ0v) is 28.2. The lowest BCUT2D eigenvalue weighted by atomic mass is 9.92. The predicted molar refractivity (Wildman–Crippen MR) is 177 cm³/mol. The highest BCUT2D eigenvalue weighted by Crippen LogP contribution is 2.38. The summed E-state index contributed by atoms with van der Waals surface area (Å²) < 4.78 is 39.0. The van der Waals surface area contributed by atoms with E-state index in [4.69, 9.17) is 29.0 Å². The van der Waals surface area contributed by atoms with E-state index in [1.165, 1.54) is 18.2 Å². The number of aromatic nitrogens is 3. The molecule has 254 valence electrons. The molecule has 1 unspecified atom stereocenters. The zero-order valence-electron chi connectivity index (χ0n) is 28.2. The fourth-order valence-corrected chi connectivity index (χ4v) is 5.42. The Labute approximate surface area is 275 Å². The highest BCUT2D eigenvalue weighted by molar-refractivity contribution is 5.93. The van der Waals surface area contributed by atoms with Gasteiger partial charge in [-0.15, -0.1) is 6.58 Å². The topological polar surface area (TPSA) is 117 Å². The molecule has 2 aromatic heterocycles. The summed E-state index contributed by atoms with van der Waals surface area (Å²) in [4.78, 5) is 33.7. The van der Waals surface area contributed by atoms with E-state index in [9.17, 15) is 14.0 Å². The molecule has 3 aromatic rings. The van der Waals surface area contributed by atoms with Crippen LogP contribution in [0.2, 0.25) is 0 Å². The van der Waals surface area contributed by atoms with Gasteiger partial charge in [-0.25, -0.2) is 14.2 Å². The number of hydrogen-bond donors (Lipinski definition) is 1. The van der Waals surface area contributed by atoms with Gasteiger partial charge in [0.15, 0.2) is 29.0 Å². The number of carbonyl (C=O) groups excluding carboxylic acids is 2. The Morgan fingerprint density at radius 1 is 1.15 bits per heavy atom. The molecule has 47 heavy (non-hydrogen) atoms. The van der Waals surface area contributed by atoms with Crippen molar-refractivity contribution in [3.63, 3.8) is 0 Å². The molecule has 1 N–H and O–H groups in total. The first-order valence-corrected chi connectivity index (χ1v) is 15.8. The van der Waals surface area contributed by atoms with Gasteiger partial charge in [-0.1, -0.05) is 24.8 Å². The van der Waals surface area contributed by atoms with Gasteiger partial charge in [0.05, 0.1) is 30.0 Å². The molecule has 0 aliphatic carbocycles. The molecule has 1 aliphatic heterocycles. The van der Waals surface area contributed by atoms with Gasteiger partial charge < -0.3 is 29.2 Å². The number of halogens is 1. The molecule has 3 heterocycles. The monoisotopic (exact) mass is 651 g/mol. The van der Waals surface area contributed by atoms with E-state index in [0.717, 1.165) is 0 Å². The number of nitrogens with zero attached hydrogens (tertiary/aromatic N) is 4. The number of benzene rings is 1. The predicted octanol–water partition coefficient (Wildman–Crippen LogP) is 5.65. The Morgan fingerprint density at radius 3 is 2.49 bits per heavy atom. The van der Waals surface area contributed by atoms with Crippen molar-refractivity contribution in [2.45, 2.75) is 78.2 Å². The lowest BCUT2D eigenvalue weighted by Crippen LogP contribution is -2.45. The summed E-state index contributed by atoms with van der Waals surface area (Å²) in [6.45, 7) is 20.7. The van der Waals surface area contributed by atoms with Crippen LogP contribution in [0.1, 0.15) is 80.9 Å². The molecule has 0 saturated carbocycles. The smallest absolute Gasteiger partial charge is 0.340 e. The highest BCUT2D eigenvalue weighted by Gasteiger charge is 2.38. The third kappa shape index (κ3) is 8.75. The number of amides is 1. The van der Waals surface area contributed by atoms with E-state index >= 15 is 0 Å². The van der Waals surface area contributed by atoms with Crippen molar-refractivity contribution in [1.29, 1.82) is 0 Å². The molecule has 1 aromatic carbocycles. The molecule has 12 heteroatoms. The van der Waals surface area contributed by atoms with Crippen LogP contribution in [0.5, 0.6) is 5.75 Å². The summed E-state index contributed by atoms with van der Waals surface area (Å²) in [7, 11) is 0. The first-order chi connectivity index (χ1) is 22.3. The minimum atomic E-state index is -1.09. The Hall–Kier alpha value is -4.29. The van der Waals surface area contributed by atoms with Crippen molar-refractivity contribution in [1.82, 2.24) is 19.9 Å². The number of carbonyl (C=O) groups is 2. The number of rotatable bonds is 14. The second-order valence-electron chi connectivity index (χ2n) is 12.7. The summed E-state index contributed by atoms with van der Waals surface area (Å²) in [6, 6.07) is 6.00. The maximum atomic E-state index is 14.2. The van der Waals surface area contributed by atoms with E-state index in [-0.39, 0.29) is 36.8 Å². The molecule has 0 bridgehead atoms. The number of fused-ring (bicyclic) bond motifs is 1. The first-order valence-electron chi connectivity index (χ1n) is 15.8. The van der Waals surface area contributed by atoms with Gasteiger partial charge >= 0.3 is 5.97 Å². The Kier molecular flexibility index (Phi) is 11.4. The normalized spacial score (nSPS) is 15.3. The summed E-state index contributed by atoms with van der Waals surface area (Å²) in [6.07, 6.45) is 3.58. The van der Waals surface area contributed by atoms with Crippen molar-refractivity contribution < 1.29 is 32.9 Å². The average molecular weight is 652 g/mol. The fraction of sp³-hybridized carbons (Fsp3) is 0.486. The van der Waals surface area contributed by atoms with Gasteiger partial charge in [0.2, 0.25) is 0 Å². The molecule has 1 aliphatic rings. The Morgan fingerprint density at radius 2 is 1.85 bits per heavy atom. The van der Waals surface area contributed by atoms with E-state index in [1.54, 1.807) is 29.6 Å². The van der Waals surface area contributed by atoms with E-state index in [2.05, 4.69) is 30.3 Å². The van der Waals surface area contributed by atoms with Crippen LogP contribution in [-0.2, 0) is 25.5 Å². The van der Waals surface area contributed by atoms with Gasteiger partial charge in [-0.3, -0.25) is 4.79 Å². The highest BCUT2D eigenvalue weighted by atomic mass is 19.1. The van der Waals surface area contributed by atoms with Crippen LogP contribution in [0, 0.1) is 12.7 Å². The molecule has 11 nitrogen and oxygen atoms in total. The third-order valence-corrected chi connectivity index (χ3v) is 7.75. The second kappa shape index (κ2) is 15.1. The van der Waals surface area contributed by atoms with Crippen molar-refractivity contribution >= 4 is 23.3 Å². The fourth-order valence-electron chi connectivity index (χ4n) is 5.42. The number of anilines is 1. The van der Waals surface area contributed by atoms with Gasteiger partial charge in [-0.2, -0.15) is 9.61 Å². The van der Waals surface area contributed by atoms with Crippen LogP contribution in [0.3, 0.4) is 0 Å². The lowest BCUT2D eigenvalue weighted by molar-refractivity contribution is -0.166. The molecule has 1 saturated heterocycles. The molecular weight excluding hydrogens is 605 g/mol. The number of nitrogens with one attached hydrogen (secondary N) is 1. The average Bonchev–Trinajstić information content (AvgIpc) is 3.45. The summed E-state index contributed by atoms with van der Waals surface area (Å²) in [5, 5.41) is 7.55. The van der Waals surface area contributed by atoms with Crippen molar-refractivity contribution in [2.24, 2.45) is 0 Å². The lowest BCUT2D eigenvalue weighted by Gasteiger charge is -2.41. The van der Waals surface area contributed by atoms with Crippen LogP contribution in [0.15, 0.2) is 49.6 Å².